The number of carbonyl (C=O) groups is 1. The molecular formula is C32H34Cl2N4O7S. The molecule has 1 atom stereocenters. The zero-order valence-electron chi connectivity index (χ0n) is 25.5. The summed E-state index contributed by atoms with van der Waals surface area (Å²) in [4.78, 5) is 14.1. The van der Waals surface area contributed by atoms with Crippen molar-refractivity contribution in [3.05, 3.63) is 93.2 Å². The minimum atomic E-state index is -3.71. The third-order valence-corrected chi connectivity index (χ3v) is 8.71. The molecule has 244 valence electrons. The quantitative estimate of drug-likeness (QED) is 0.162. The fourth-order valence-electron chi connectivity index (χ4n) is 5.11. The van der Waals surface area contributed by atoms with Crippen molar-refractivity contribution in [3.8, 4) is 22.6 Å². The van der Waals surface area contributed by atoms with Gasteiger partial charge in [-0.15, -0.1) is 0 Å². The summed E-state index contributed by atoms with van der Waals surface area (Å²) >= 11 is 12.7. The number of aromatic nitrogens is 2. The number of ether oxygens (including phenoxy) is 3. The Morgan fingerprint density at radius 3 is 2.67 bits per heavy atom. The second-order valence-electron chi connectivity index (χ2n) is 10.8. The van der Waals surface area contributed by atoms with E-state index in [4.69, 9.17) is 37.4 Å². The Balaban J connectivity index is 1.29. The Labute approximate surface area is 277 Å². The molecule has 5 rings (SSSR count). The number of hydrogen-bond acceptors (Lipinski definition) is 9. The molecule has 14 heteroatoms. The van der Waals surface area contributed by atoms with Crippen LogP contribution in [0.2, 0.25) is 10.0 Å². The summed E-state index contributed by atoms with van der Waals surface area (Å²) in [5.74, 6) is 0.509. The molecule has 0 aliphatic carbocycles. The maximum Gasteiger partial charge on any atom is 0.264 e. The Hall–Kier alpha value is -3.81. The molecule has 2 N–H and O–H groups in total. The summed E-state index contributed by atoms with van der Waals surface area (Å²) in [6.45, 7) is 5.33. The van der Waals surface area contributed by atoms with Gasteiger partial charge in [-0.2, -0.15) is 5.10 Å². The van der Waals surface area contributed by atoms with Crippen LogP contribution in [0.25, 0.3) is 11.1 Å². The fraction of sp³-hybridized carbons (Fsp3) is 0.312. The first kappa shape index (κ1) is 33.6. The van der Waals surface area contributed by atoms with Crippen LogP contribution in [-0.4, -0.2) is 68.2 Å². The van der Waals surface area contributed by atoms with E-state index in [-0.39, 0.29) is 18.8 Å². The van der Waals surface area contributed by atoms with E-state index in [1.807, 2.05) is 48.2 Å². The van der Waals surface area contributed by atoms with E-state index < -0.39 is 22.3 Å². The lowest BCUT2D eigenvalue weighted by Gasteiger charge is -2.29. The molecule has 11 nitrogen and oxygen atoms in total. The van der Waals surface area contributed by atoms with Crippen molar-refractivity contribution in [1.82, 2.24) is 14.5 Å². The van der Waals surface area contributed by atoms with Crippen LogP contribution in [0.15, 0.2) is 60.9 Å². The van der Waals surface area contributed by atoms with Gasteiger partial charge >= 0.3 is 0 Å². The summed E-state index contributed by atoms with van der Waals surface area (Å²) < 4.78 is 44.3. The van der Waals surface area contributed by atoms with Gasteiger partial charge in [0.05, 0.1) is 37.9 Å². The van der Waals surface area contributed by atoms with Crippen LogP contribution in [0.3, 0.4) is 0 Å². The number of aliphatic hydroxyl groups excluding tert-OH is 1. The molecule has 1 unspecified atom stereocenters. The van der Waals surface area contributed by atoms with Crippen molar-refractivity contribution < 1.29 is 32.5 Å². The highest BCUT2D eigenvalue weighted by atomic mass is 35.5. The average molecular weight is 690 g/mol. The smallest absolute Gasteiger partial charge is 0.264 e. The fourth-order valence-corrected chi connectivity index (χ4v) is 6.06. The average Bonchev–Trinajstić information content (AvgIpc) is 3.35. The number of hydrogen-bond donors (Lipinski definition) is 2. The van der Waals surface area contributed by atoms with E-state index in [0.717, 1.165) is 28.5 Å². The highest BCUT2D eigenvalue weighted by molar-refractivity contribution is 7.89. The molecule has 2 heterocycles. The topological polar surface area (TPSA) is 132 Å². The Kier molecular flexibility index (Phi) is 10.4. The minimum Gasteiger partial charge on any atom is -0.491 e. The summed E-state index contributed by atoms with van der Waals surface area (Å²) in [7, 11) is -3.71. The lowest BCUT2D eigenvalue weighted by Crippen LogP contribution is -2.38. The number of fused-ring (bicyclic) bond motifs is 1. The molecule has 1 aliphatic rings. The van der Waals surface area contributed by atoms with Crippen LogP contribution in [0.5, 0.6) is 11.5 Å². The third-order valence-electron chi connectivity index (χ3n) is 7.41. The van der Waals surface area contributed by atoms with Crippen LogP contribution in [0, 0.1) is 13.8 Å². The Morgan fingerprint density at radius 1 is 1.13 bits per heavy atom. The van der Waals surface area contributed by atoms with Crippen LogP contribution < -0.4 is 19.1 Å². The number of nitrogens with one attached hydrogen (secondary N) is 1. The number of amides is 1. The summed E-state index contributed by atoms with van der Waals surface area (Å²) in [5, 5.41) is 16.5. The Bertz CT molecular complexity index is 1820. The largest absolute Gasteiger partial charge is 0.491 e. The number of aryl methyl sites for hydroxylation is 1. The number of sulfonamides is 1. The number of halogens is 2. The van der Waals surface area contributed by atoms with Gasteiger partial charge < -0.3 is 24.2 Å². The maximum atomic E-state index is 12.3. The molecule has 0 spiro atoms. The minimum absolute atomic E-state index is 0.140. The standard InChI is InChI=1S/C32H34Cl2N4O7S/c1-20-15-22(31(39)36-46(3,41)42)16-27(34)25(20)19-37-18-23(17-35-37)24-7-4-9-28-30(24)44-12-6-11-38(28)32(40)45-14-13-43-29-10-5-8-26(33)21(29)2/h4-5,7-10,15-18,32,40H,6,11-14,19H2,1-3H3,(H,36,39). The lowest BCUT2D eigenvalue weighted by atomic mass is 10.0. The molecule has 1 amide bonds. The lowest BCUT2D eigenvalue weighted by molar-refractivity contribution is -0.105. The first-order valence-electron chi connectivity index (χ1n) is 14.5. The van der Waals surface area contributed by atoms with Gasteiger partial charge in [0.15, 0.2) is 5.75 Å². The summed E-state index contributed by atoms with van der Waals surface area (Å²) in [6.07, 6.45) is 3.93. The van der Waals surface area contributed by atoms with Crippen molar-refractivity contribution in [2.45, 2.75) is 33.2 Å². The van der Waals surface area contributed by atoms with Crippen molar-refractivity contribution in [2.24, 2.45) is 0 Å². The summed E-state index contributed by atoms with van der Waals surface area (Å²) in [6, 6.07) is 14.1. The van der Waals surface area contributed by atoms with E-state index in [0.29, 0.717) is 58.9 Å². The number of carbonyl (C=O) groups excluding carboxylic acids is 1. The van der Waals surface area contributed by atoms with Crippen molar-refractivity contribution in [2.75, 3.05) is 37.5 Å². The van der Waals surface area contributed by atoms with Gasteiger partial charge in [-0.3, -0.25) is 9.48 Å². The van der Waals surface area contributed by atoms with Gasteiger partial charge in [0.1, 0.15) is 12.4 Å². The normalized spacial score (nSPS) is 13.8. The van der Waals surface area contributed by atoms with Gasteiger partial charge in [0.2, 0.25) is 16.4 Å². The summed E-state index contributed by atoms with van der Waals surface area (Å²) in [5.41, 5.74) is 4.68. The van der Waals surface area contributed by atoms with Crippen molar-refractivity contribution in [3.63, 3.8) is 0 Å². The molecule has 3 aromatic carbocycles. The number of rotatable bonds is 11. The molecule has 46 heavy (non-hydrogen) atoms. The van der Waals surface area contributed by atoms with Crippen LogP contribution >= 0.6 is 23.2 Å². The van der Waals surface area contributed by atoms with Crippen molar-refractivity contribution >= 4 is 44.8 Å². The van der Waals surface area contributed by atoms with Gasteiger partial charge in [-0.25, -0.2) is 13.1 Å². The van der Waals surface area contributed by atoms with E-state index in [1.165, 1.54) is 6.07 Å². The van der Waals surface area contributed by atoms with Gasteiger partial charge in [0.25, 0.3) is 5.91 Å². The highest BCUT2D eigenvalue weighted by Gasteiger charge is 2.26. The number of para-hydroxylation sites is 1. The molecule has 4 aromatic rings. The van der Waals surface area contributed by atoms with Gasteiger partial charge in [-0.1, -0.05) is 41.4 Å². The molecule has 1 aliphatic heterocycles. The van der Waals surface area contributed by atoms with Crippen LogP contribution in [0.4, 0.5) is 5.69 Å². The molecule has 0 bridgehead atoms. The molecule has 1 aromatic heterocycles. The predicted molar refractivity (Wildman–Crippen MR) is 176 cm³/mol. The number of benzene rings is 3. The first-order chi connectivity index (χ1) is 21.9. The van der Waals surface area contributed by atoms with Gasteiger partial charge in [-0.05, 0) is 61.7 Å². The van der Waals surface area contributed by atoms with E-state index >= 15 is 0 Å². The monoisotopic (exact) mass is 688 g/mol. The predicted octanol–water partition coefficient (Wildman–Crippen LogP) is 5.17. The number of anilines is 1. The highest BCUT2D eigenvalue weighted by Crippen LogP contribution is 2.41. The zero-order valence-corrected chi connectivity index (χ0v) is 27.8. The molecular weight excluding hydrogens is 655 g/mol. The maximum absolute atomic E-state index is 12.3. The zero-order chi connectivity index (χ0) is 33.0. The molecule has 0 radical (unpaired) electrons. The molecule has 0 saturated carbocycles. The van der Waals surface area contributed by atoms with E-state index in [9.17, 15) is 18.3 Å². The molecule has 0 saturated heterocycles. The SMILES string of the molecule is Cc1cc(C(=O)NS(C)(=O)=O)cc(Cl)c1Cn1cc(-c2cccc3c2OCCCN3C(O)OCCOc2cccc(Cl)c2C)cn1. The number of nitrogens with zero attached hydrogens (tertiary/aromatic N) is 3. The van der Waals surface area contributed by atoms with Gasteiger partial charge in [0, 0.05) is 45.0 Å². The third kappa shape index (κ3) is 7.94. The van der Waals surface area contributed by atoms with Crippen LogP contribution in [-0.2, 0) is 21.3 Å². The first-order valence-corrected chi connectivity index (χ1v) is 17.1. The second-order valence-corrected chi connectivity index (χ2v) is 13.4. The second kappa shape index (κ2) is 14.3. The van der Waals surface area contributed by atoms with Crippen molar-refractivity contribution in [1.29, 1.82) is 0 Å². The number of aliphatic hydroxyl groups is 1. The van der Waals surface area contributed by atoms with Crippen LogP contribution in [0.1, 0.15) is 33.5 Å². The van der Waals surface area contributed by atoms with E-state index in [1.54, 1.807) is 34.8 Å². The van der Waals surface area contributed by atoms with E-state index in [2.05, 4.69) is 5.10 Å². The Morgan fingerprint density at radius 2 is 1.91 bits per heavy atom. The molecule has 0 fully saturated rings.